The van der Waals surface area contributed by atoms with Crippen LogP contribution in [0.4, 0.5) is 0 Å². The van der Waals surface area contributed by atoms with Crippen LogP contribution in [0, 0.1) is 6.92 Å². The van der Waals surface area contributed by atoms with Gasteiger partial charge in [0.25, 0.3) is 5.56 Å². The lowest BCUT2D eigenvalue weighted by Crippen LogP contribution is -2.16. The molecule has 0 aliphatic rings. The molecular formula is C27H22N4O3S. The minimum atomic E-state index is -0.524. The van der Waals surface area contributed by atoms with E-state index < -0.39 is 5.97 Å². The largest absolute Gasteiger partial charge is 0.456 e. The van der Waals surface area contributed by atoms with Crippen LogP contribution in [0.5, 0.6) is 0 Å². The minimum absolute atomic E-state index is 0.0787. The summed E-state index contributed by atoms with van der Waals surface area (Å²) >= 11 is 1.37. The summed E-state index contributed by atoms with van der Waals surface area (Å²) < 4.78 is 8.74. The van der Waals surface area contributed by atoms with Gasteiger partial charge in [-0.3, -0.25) is 13.9 Å². The average Bonchev–Trinajstić information content (AvgIpc) is 3.46. The van der Waals surface area contributed by atoms with Crippen LogP contribution in [-0.2, 0) is 22.7 Å². The second kappa shape index (κ2) is 9.90. The molecule has 3 aromatic heterocycles. The monoisotopic (exact) mass is 482 g/mol. The Morgan fingerprint density at radius 3 is 2.60 bits per heavy atom. The van der Waals surface area contributed by atoms with E-state index in [-0.39, 0.29) is 12.2 Å². The molecule has 0 N–H and O–H groups in total. The van der Waals surface area contributed by atoms with E-state index in [0.717, 1.165) is 28.1 Å². The van der Waals surface area contributed by atoms with Crippen molar-refractivity contribution in [3.63, 3.8) is 0 Å². The molecule has 0 bridgehead atoms. The van der Waals surface area contributed by atoms with Gasteiger partial charge in [-0.25, -0.2) is 9.78 Å². The number of thiazole rings is 1. The maximum atomic E-state index is 12.4. The first-order valence-corrected chi connectivity index (χ1v) is 11.9. The standard InChI is InChI=1S/C27H22N4O3S/c1-19-18-35-27-28-23(14-24(32)31(19)27)17-34-25(33)13-12-22-16-30(15-20-8-4-2-5-9-20)29-26(22)21-10-6-3-7-11-21/h2-14,16,18H,15,17H2,1H3/b13-12+. The zero-order valence-corrected chi connectivity index (χ0v) is 19.8. The molecule has 8 heteroatoms. The van der Waals surface area contributed by atoms with Crippen molar-refractivity contribution in [2.45, 2.75) is 20.1 Å². The van der Waals surface area contributed by atoms with Crippen LogP contribution in [-0.4, -0.2) is 25.1 Å². The number of aromatic nitrogens is 4. The van der Waals surface area contributed by atoms with Gasteiger partial charge < -0.3 is 4.74 Å². The second-order valence-electron chi connectivity index (χ2n) is 8.00. The van der Waals surface area contributed by atoms with Gasteiger partial charge in [0.2, 0.25) is 0 Å². The topological polar surface area (TPSA) is 78.5 Å². The van der Waals surface area contributed by atoms with E-state index in [2.05, 4.69) is 4.98 Å². The highest BCUT2D eigenvalue weighted by atomic mass is 32.1. The molecule has 0 fully saturated rings. The minimum Gasteiger partial charge on any atom is -0.456 e. The van der Waals surface area contributed by atoms with Crippen molar-refractivity contribution in [2.24, 2.45) is 0 Å². The highest BCUT2D eigenvalue weighted by molar-refractivity contribution is 7.15. The van der Waals surface area contributed by atoms with Crippen molar-refractivity contribution in [3.8, 4) is 11.3 Å². The first-order chi connectivity index (χ1) is 17.1. The average molecular weight is 483 g/mol. The molecule has 0 saturated heterocycles. The van der Waals surface area contributed by atoms with Crippen LogP contribution < -0.4 is 5.56 Å². The van der Waals surface area contributed by atoms with Gasteiger partial charge in [0, 0.05) is 40.5 Å². The predicted molar refractivity (Wildman–Crippen MR) is 136 cm³/mol. The van der Waals surface area contributed by atoms with Gasteiger partial charge in [0.1, 0.15) is 6.61 Å². The Labute approximate surface area is 205 Å². The van der Waals surface area contributed by atoms with E-state index in [9.17, 15) is 9.59 Å². The third kappa shape index (κ3) is 5.12. The summed E-state index contributed by atoms with van der Waals surface area (Å²) in [4.78, 5) is 29.7. The molecule has 0 atom stereocenters. The summed E-state index contributed by atoms with van der Waals surface area (Å²) in [5.74, 6) is -0.524. The number of hydrogen-bond acceptors (Lipinski definition) is 6. The molecule has 0 unspecified atom stereocenters. The first kappa shape index (κ1) is 22.5. The molecule has 5 aromatic rings. The van der Waals surface area contributed by atoms with Crippen molar-refractivity contribution in [1.29, 1.82) is 0 Å². The molecule has 0 amide bonds. The third-order valence-electron chi connectivity index (χ3n) is 5.41. The second-order valence-corrected chi connectivity index (χ2v) is 8.84. The Morgan fingerprint density at radius 2 is 1.83 bits per heavy atom. The van der Waals surface area contributed by atoms with Gasteiger partial charge in [-0.1, -0.05) is 60.7 Å². The Balaban J connectivity index is 1.33. The molecule has 0 radical (unpaired) electrons. The van der Waals surface area contributed by atoms with Gasteiger partial charge in [0.15, 0.2) is 4.96 Å². The van der Waals surface area contributed by atoms with Gasteiger partial charge in [0.05, 0.1) is 17.9 Å². The predicted octanol–water partition coefficient (Wildman–Crippen LogP) is 4.73. The fourth-order valence-corrected chi connectivity index (χ4v) is 4.65. The summed E-state index contributed by atoms with van der Waals surface area (Å²) in [5, 5.41) is 6.62. The number of esters is 1. The zero-order chi connectivity index (χ0) is 24.2. The van der Waals surface area contributed by atoms with Gasteiger partial charge >= 0.3 is 5.97 Å². The van der Waals surface area contributed by atoms with Crippen molar-refractivity contribution in [1.82, 2.24) is 19.2 Å². The van der Waals surface area contributed by atoms with Crippen LogP contribution in [0.2, 0.25) is 0 Å². The zero-order valence-electron chi connectivity index (χ0n) is 19.0. The quantitative estimate of drug-likeness (QED) is 0.248. The highest BCUT2D eigenvalue weighted by Crippen LogP contribution is 2.23. The lowest BCUT2D eigenvalue weighted by atomic mass is 10.1. The summed E-state index contributed by atoms with van der Waals surface area (Å²) in [7, 11) is 0. The SMILES string of the molecule is Cc1csc2nc(COC(=O)/C=C/c3cn(Cc4ccccc4)nc3-c3ccccc3)cc(=O)n12. The lowest BCUT2D eigenvalue weighted by Gasteiger charge is -2.02. The molecule has 0 saturated carbocycles. The molecule has 174 valence electrons. The van der Waals surface area contributed by atoms with E-state index in [4.69, 9.17) is 9.84 Å². The van der Waals surface area contributed by atoms with Crippen LogP contribution in [0.15, 0.2) is 89.2 Å². The third-order valence-corrected chi connectivity index (χ3v) is 6.36. The van der Waals surface area contributed by atoms with Crippen LogP contribution in [0.25, 0.3) is 22.3 Å². The molecule has 3 heterocycles. The molecule has 2 aromatic carbocycles. The molecule has 5 rings (SSSR count). The van der Waals surface area contributed by atoms with Gasteiger partial charge in [-0.2, -0.15) is 5.10 Å². The van der Waals surface area contributed by atoms with E-state index in [0.29, 0.717) is 17.2 Å². The number of hydrogen-bond donors (Lipinski definition) is 0. The Hall–Kier alpha value is -4.30. The number of benzene rings is 2. The number of ether oxygens (including phenoxy) is 1. The Bertz CT molecular complexity index is 1570. The van der Waals surface area contributed by atoms with Gasteiger partial charge in [-0.15, -0.1) is 11.3 Å². The number of fused-ring (bicyclic) bond motifs is 1. The number of aryl methyl sites for hydroxylation is 1. The molecule has 7 nitrogen and oxygen atoms in total. The maximum Gasteiger partial charge on any atom is 0.331 e. The van der Waals surface area contributed by atoms with Crippen LogP contribution in [0.1, 0.15) is 22.5 Å². The first-order valence-electron chi connectivity index (χ1n) is 11.1. The Morgan fingerprint density at radius 1 is 1.09 bits per heavy atom. The highest BCUT2D eigenvalue weighted by Gasteiger charge is 2.11. The van der Waals surface area contributed by atoms with E-state index in [1.165, 1.54) is 27.9 Å². The number of carbonyl (C=O) groups is 1. The Kier molecular flexibility index (Phi) is 6.36. The van der Waals surface area contributed by atoms with E-state index in [1.54, 1.807) is 6.08 Å². The van der Waals surface area contributed by atoms with Crippen molar-refractivity contribution in [2.75, 3.05) is 0 Å². The summed E-state index contributed by atoms with van der Waals surface area (Å²) in [6.07, 6.45) is 4.99. The number of rotatable bonds is 7. The van der Waals surface area contributed by atoms with Crippen molar-refractivity contribution in [3.05, 3.63) is 117 Å². The van der Waals surface area contributed by atoms with E-state index >= 15 is 0 Å². The van der Waals surface area contributed by atoms with Crippen molar-refractivity contribution < 1.29 is 9.53 Å². The van der Waals surface area contributed by atoms with Crippen molar-refractivity contribution >= 4 is 28.3 Å². The molecule has 0 spiro atoms. The summed E-state index contributed by atoms with van der Waals surface area (Å²) in [5.41, 5.74) is 4.72. The normalized spacial score (nSPS) is 11.3. The fraction of sp³-hybridized carbons (Fsp3) is 0.111. The lowest BCUT2D eigenvalue weighted by molar-refractivity contribution is -0.139. The number of carbonyl (C=O) groups excluding carboxylic acids is 1. The maximum absolute atomic E-state index is 12.4. The smallest absolute Gasteiger partial charge is 0.331 e. The number of nitrogens with zero attached hydrogens (tertiary/aromatic N) is 4. The van der Waals surface area contributed by atoms with Crippen LogP contribution >= 0.6 is 11.3 Å². The van der Waals surface area contributed by atoms with Gasteiger partial charge in [-0.05, 0) is 18.6 Å². The molecule has 35 heavy (non-hydrogen) atoms. The van der Waals surface area contributed by atoms with E-state index in [1.807, 2.05) is 83.8 Å². The summed E-state index contributed by atoms with van der Waals surface area (Å²) in [6.45, 7) is 2.39. The molecular weight excluding hydrogens is 460 g/mol. The summed E-state index contributed by atoms with van der Waals surface area (Å²) in [6, 6.07) is 21.3. The fourth-order valence-electron chi connectivity index (χ4n) is 3.76. The van der Waals surface area contributed by atoms with Crippen LogP contribution in [0.3, 0.4) is 0 Å². The molecule has 0 aliphatic carbocycles. The molecule has 0 aliphatic heterocycles.